The number of carbonyl (C=O) groups is 2. The van der Waals surface area contributed by atoms with Gasteiger partial charge < -0.3 is 14.7 Å². The van der Waals surface area contributed by atoms with Gasteiger partial charge in [0.15, 0.2) is 0 Å². The van der Waals surface area contributed by atoms with Crippen LogP contribution >= 0.6 is 0 Å². The van der Waals surface area contributed by atoms with Crippen LogP contribution in [-0.2, 0) is 4.79 Å². The molecule has 2 saturated heterocycles. The van der Waals surface area contributed by atoms with Crippen LogP contribution < -0.4 is 4.90 Å². The Morgan fingerprint density at radius 1 is 0.913 bits per heavy atom. The van der Waals surface area contributed by atoms with Gasteiger partial charge in [-0.3, -0.25) is 14.6 Å². The van der Waals surface area contributed by atoms with Crippen LogP contribution in [0.5, 0.6) is 0 Å². The summed E-state index contributed by atoms with van der Waals surface area (Å²) in [6.07, 6.45) is 7.17. The van der Waals surface area contributed by atoms with Gasteiger partial charge in [0.05, 0.1) is 17.4 Å². The van der Waals surface area contributed by atoms with Gasteiger partial charge >= 0.3 is 0 Å². The lowest BCUT2D eigenvalue weighted by Gasteiger charge is -2.34. The van der Waals surface area contributed by atoms with Crippen molar-refractivity contribution in [3.8, 4) is 0 Å². The maximum Gasteiger partial charge on any atom is 0.255 e. The summed E-state index contributed by atoms with van der Waals surface area (Å²) in [4.78, 5) is 34.2. The highest BCUT2D eigenvalue weighted by atomic mass is 16.2. The Balaban J connectivity index is 1.67. The number of pyridine rings is 1. The normalized spacial score (nSPS) is 18.9. The molecule has 2 aliphatic heterocycles. The van der Waals surface area contributed by atoms with E-state index in [2.05, 4.69) is 9.88 Å². The molecule has 0 aliphatic carbocycles. The van der Waals surface area contributed by atoms with Gasteiger partial charge in [0.25, 0.3) is 5.91 Å². The van der Waals surface area contributed by atoms with Crippen LogP contribution in [-0.4, -0.2) is 65.9 Å². The first kappa shape index (κ1) is 15.8. The van der Waals surface area contributed by atoms with Crippen molar-refractivity contribution >= 4 is 17.5 Å². The van der Waals surface area contributed by atoms with Crippen LogP contribution in [0.25, 0.3) is 0 Å². The van der Waals surface area contributed by atoms with Crippen molar-refractivity contribution in [1.29, 1.82) is 0 Å². The molecule has 2 aliphatic rings. The first-order valence-corrected chi connectivity index (χ1v) is 8.40. The lowest BCUT2D eigenvalue weighted by molar-refractivity contribution is -0.130. The molecule has 0 aromatic carbocycles. The second-order valence-corrected chi connectivity index (χ2v) is 6.28. The molecule has 6 nitrogen and oxygen atoms in total. The molecule has 0 bridgehead atoms. The third-order valence-electron chi connectivity index (χ3n) is 4.70. The number of hydrogen-bond donors (Lipinski definition) is 0. The molecule has 0 spiro atoms. The van der Waals surface area contributed by atoms with Gasteiger partial charge in [-0.1, -0.05) is 0 Å². The average molecular weight is 316 g/mol. The van der Waals surface area contributed by atoms with Crippen molar-refractivity contribution in [1.82, 2.24) is 14.8 Å². The molecule has 1 aromatic rings. The van der Waals surface area contributed by atoms with Crippen molar-refractivity contribution in [2.24, 2.45) is 0 Å². The highest BCUT2D eigenvalue weighted by molar-refractivity contribution is 5.95. The van der Waals surface area contributed by atoms with E-state index in [-0.39, 0.29) is 11.8 Å². The number of anilines is 1. The molecule has 0 radical (unpaired) electrons. The van der Waals surface area contributed by atoms with Gasteiger partial charge in [-0.05, 0) is 25.3 Å². The number of hydrogen-bond acceptors (Lipinski definition) is 4. The van der Waals surface area contributed by atoms with Crippen molar-refractivity contribution in [3.05, 3.63) is 24.0 Å². The quantitative estimate of drug-likeness (QED) is 0.827. The van der Waals surface area contributed by atoms with E-state index < -0.39 is 0 Å². The number of piperidine rings is 1. The van der Waals surface area contributed by atoms with E-state index in [1.54, 1.807) is 18.0 Å². The number of aromatic nitrogens is 1. The second-order valence-electron chi connectivity index (χ2n) is 6.28. The van der Waals surface area contributed by atoms with Crippen molar-refractivity contribution in [2.45, 2.75) is 26.2 Å². The van der Waals surface area contributed by atoms with E-state index in [1.165, 1.54) is 19.3 Å². The molecule has 0 atom stereocenters. The number of piperazine rings is 1. The molecule has 2 amide bonds. The molecule has 6 heteroatoms. The Hall–Kier alpha value is -2.11. The number of nitrogens with zero attached hydrogens (tertiary/aromatic N) is 4. The predicted molar refractivity (Wildman–Crippen MR) is 88.5 cm³/mol. The number of amides is 2. The summed E-state index contributed by atoms with van der Waals surface area (Å²) in [5, 5.41) is 0. The number of rotatable bonds is 2. The molecular weight excluding hydrogens is 292 g/mol. The molecule has 2 fully saturated rings. The van der Waals surface area contributed by atoms with Crippen molar-refractivity contribution < 1.29 is 9.59 Å². The standard InChI is InChI=1S/C17H24N4O2/c1-14(22)19-7-9-21(10-8-19)17(23)15-11-16(13-18-12-15)20-5-3-2-4-6-20/h11-13H,2-10H2,1H3. The molecule has 3 rings (SSSR count). The van der Waals surface area contributed by atoms with Gasteiger partial charge in [-0.25, -0.2) is 0 Å². The molecule has 124 valence electrons. The van der Waals surface area contributed by atoms with Gasteiger partial charge in [-0.2, -0.15) is 0 Å². The number of carbonyl (C=O) groups excluding carboxylic acids is 2. The minimum Gasteiger partial charge on any atom is -0.370 e. The van der Waals surface area contributed by atoms with E-state index in [9.17, 15) is 9.59 Å². The molecule has 0 N–H and O–H groups in total. The summed E-state index contributed by atoms with van der Waals surface area (Å²) in [5.74, 6) is 0.0884. The minimum absolute atomic E-state index is 0.0135. The van der Waals surface area contributed by atoms with Gasteiger partial charge in [-0.15, -0.1) is 0 Å². The fourth-order valence-corrected chi connectivity index (χ4v) is 3.28. The van der Waals surface area contributed by atoms with Crippen LogP contribution in [0.4, 0.5) is 5.69 Å². The predicted octanol–water partition coefficient (Wildman–Crippen LogP) is 1.38. The Labute approximate surface area is 137 Å². The summed E-state index contributed by atoms with van der Waals surface area (Å²) in [5.41, 5.74) is 1.68. The Bertz CT molecular complexity index is 576. The zero-order chi connectivity index (χ0) is 16.2. The molecule has 3 heterocycles. The molecule has 0 saturated carbocycles. The zero-order valence-electron chi connectivity index (χ0n) is 13.7. The maximum absolute atomic E-state index is 12.7. The van der Waals surface area contributed by atoms with Crippen LogP contribution in [0, 0.1) is 0 Å². The van der Waals surface area contributed by atoms with Crippen LogP contribution in [0.2, 0.25) is 0 Å². The Kier molecular flexibility index (Phi) is 4.79. The zero-order valence-corrected chi connectivity index (χ0v) is 13.7. The minimum atomic E-state index is 0.0135. The maximum atomic E-state index is 12.7. The molecule has 0 unspecified atom stereocenters. The smallest absolute Gasteiger partial charge is 0.255 e. The monoisotopic (exact) mass is 316 g/mol. The topological polar surface area (TPSA) is 56.8 Å². The van der Waals surface area contributed by atoms with E-state index >= 15 is 0 Å². The largest absolute Gasteiger partial charge is 0.370 e. The Morgan fingerprint density at radius 3 is 2.22 bits per heavy atom. The summed E-state index contributed by atoms with van der Waals surface area (Å²) in [7, 11) is 0. The molecule has 1 aromatic heterocycles. The lowest BCUT2D eigenvalue weighted by atomic mass is 10.1. The van der Waals surface area contributed by atoms with Crippen LogP contribution in [0.1, 0.15) is 36.5 Å². The fourth-order valence-electron chi connectivity index (χ4n) is 3.28. The SMILES string of the molecule is CC(=O)N1CCN(C(=O)c2cncc(N3CCCCC3)c2)CC1. The molecular formula is C17H24N4O2. The summed E-state index contributed by atoms with van der Waals surface area (Å²) >= 11 is 0. The first-order chi connectivity index (χ1) is 11.1. The first-order valence-electron chi connectivity index (χ1n) is 8.40. The Morgan fingerprint density at radius 2 is 1.57 bits per heavy atom. The van der Waals surface area contributed by atoms with E-state index in [1.807, 2.05) is 17.2 Å². The highest BCUT2D eigenvalue weighted by Gasteiger charge is 2.24. The van der Waals surface area contributed by atoms with Gasteiger partial charge in [0, 0.05) is 52.4 Å². The van der Waals surface area contributed by atoms with Gasteiger partial charge in [0.1, 0.15) is 0 Å². The summed E-state index contributed by atoms with van der Waals surface area (Å²) in [6.45, 7) is 6.05. The van der Waals surface area contributed by atoms with E-state index in [0.717, 1.165) is 18.8 Å². The summed E-state index contributed by atoms with van der Waals surface area (Å²) < 4.78 is 0. The highest BCUT2D eigenvalue weighted by Crippen LogP contribution is 2.20. The average Bonchev–Trinajstić information content (AvgIpc) is 2.62. The van der Waals surface area contributed by atoms with Crippen molar-refractivity contribution in [3.63, 3.8) is 0 Å². The summed E-state index contributed by atoms with van der Waals surface area (Å²) in [6, 6.07) is 1.96. The fraction of sp³-hybridized carbons (Fsp3) is 0.588. The van der Waals surface area contributed by atoms with Crippen LogP contribution in [0.15, 0.2) is 18.5 Å². The van der Waals surface area contributed by atoms with Gasteiger partial charge in [0.2, 0.25) is 5.91 Å². The van der Waals surface area contributed by atoms with Crippen LogP contribution in [0.3, 0.4) is 0 Å². The van der Waals surface area contributed by atoms with E-state index in [0.29, 0.717) is 31.7 Å². The van der Waals surface area contributed by atoms with E-state index in [4.69, 9.17) is 0 Å². The van der Waals surface area contributed by atoms with Crippen molar-refractivity contribution in [2.75, 3.05) is 44.2 Å². The second kappa shape index (κ2) is 6.98. The third kappa shape index (κ3) is 3.63. The lowest BCUT2D eigenvalue weighted by Crippen LogP contribution is -2.50. The third-order valence-corrected chi connectivity index (χ3v) is 4.70. The molecule has 23 heavy (non-hydrogen) atoms.